The summed E-state index contributed by atoms with van der Waals surface area (Å²) in [4.78, 5) is 14.1. The number of hydrogen-bond acceptors (Lipinski definition) is 3. The number of nitrogens with one attached hydrogen (secondary N) is 1. The number of Topliss-reactive ketones (excluding diaryl/α,β-unsaturated/α-hetero) is 1. The Morgan fingerprint density at radius 1 is 1.44 bits per heavy atom. The van der Waals surface area contributed by atoms with Crippen molar-refractivity contribution in [3.63, 3.8) is 0 Å². The van der Waals surface area contributed by atoms with Gasteiger partial charge in [-0.2, -0.15) is 0 Å². The average molecular weight is 126 g/mol. The van der Waals surface area contributed by atoms with Gasteiger partial charge in [-0.05, 0) is 6.92 Å². The lowest BCUT2D eigenvalue weighted by Crippen LogP contribution is -2.17. The molecule has 0 saturated carbocycles. The first-order valence-corrected chi connectivity index (χ1v) is 2.62. The van der Waals surface area contributed by atoms with Gasteiger partial charge in [-0.1, -0.05) is 0 Å². The van der Waals surface area contributed by atoms with Crippen molar-refractivity contribution in [2.75, 3.05) is 7.05 Å². The first-order valence-electron chi connectivity index (χ1n) is 2.62. The molecule has 0 aliphatic carbocycles. The molecule has 0 spiro atoms. The minimum atomic E-state index is -0.238. The van der Waals surface area contributed by atoms with E-state index < -0.39 is 0 Å². The SMILES string of the molecule is CN=C(C)C(=N)C(C)=O. The van der Waals surface area contributed by atoms with Crippen LogP contribution >= 0.6 is 0 Å². The molecule has 0 fully saturated rings. The van der Waals surface area contributed by atoms with Crippen molar-refractivity contribution in [1.29, 1.82) is 5.41 Å². The number of carbonyl (C=O) groups is 1. The molecule has 1 N–H and O–H groups in total. The van der Waals surface area contributed by atoms with E-state index in [1.165, 1.54) is 6.92 Å². The zero-order chi connectivity index (χ0) is 7.44. The van der Waals surface area contributed by atoms with Gasteiger partial charge in [0.15, 0.2) is 5.78 Å². The quantitative estimate of drug-likeness (QED) is 0.543. The minimum Gasteiger partial charge on any atom is -0.296 e. The van der Waals surface area contributed by atoms with E-state index >= 15 is 0 Å². The van der Waals surface area contributed by atoms with Crippen molar-refractivity contribution in [2.24, 2.45) is 4.99 Å². The molecule has 3 nitrogen and oxygen atoms in total. The zero-order valence-electron chi connectivity index (χ0n) is 5.86. The second-order valence-corrected chi connectivity index (χ2v) is 1.74. The van der Waals surface area contributed by atoms with Crippen molar-refractivity contribution < 1.29 is 4.79 Å². The van der Waals surface area contributed by atoms with Gasteiger partial charge in [-0.3, -0.25) is 15.2 Å². The molecule has 0 aromatic carbocycles. The summed E-state index contributed by atoms with van der Waals surface area (Å²) >= 11 is 0. The monoisotopic (exact) mass is 126 g/mol. The molecule has 0 aliphatic rings. The molecule has 0 aliphatic heterocycles. The molecule has 0 amide bonds. The molecule has 0 aromatic rings. The van der Waals surface area contributed by atoms with Gasteiger partial charge < -0.3 is 0 Å². The summed E-state index contributed by atoms with van der Waals surface area (Å²) in [6.45, 7) is 3.00. The largest absolute Gasteiger partial charge is 0.296 e. The van der Waals surface area contributed by atoms with Crippen molar-refractivity contribution in [1.82, 2.24) is 0 Å². The van der Waals surface area contributed by atoms with E-state index in [9.17, 15) is 4.79 Å². The van der Waals surface area contributed by atoms with Gasteiger partial charge in [-0.25, -0.2) is 0 Å². The normalized spacial score (nSPS) is 11.2. The van der Waals surface area contributed by atoms with Crippen molar-refractivity contribution in [3.05, 3.63) is 0 Å². The van der Waals surface area contributed by atoms with E-state index in [0.717, 1.165) is 0 Å². The van der Waals surface area contributed by atoms with Crippen LogP contribution in [0.4, 0.5) is 0 Å². The predicted octanol–water partition coefficient (Wildman–Crippen LogP) is 0.686. The predicted molar refractivity (Wildman–Crippen MR) is 37.4 cm³/mol. The van der Waals surface area contributed by atoms with E-state index in [-0.39, 0.29) is 11.5 Å². The molecule has 0 unspecified atom stereocenters. The van der Waals surface area contributed by atoms with Crippen LogP contribution in [-0.4, -0.2) is 24.3 Å². The third-order valence-corrected chi connectivity index (χ3v) is 1.05. The standard InChI is InChI=1S/C6H10N2O/c1-4(8-3)6(7)5(2)9/h7H,1-3H3. The molecule has 0 radical (unpaired) electrons. The molecule has 0 bridgehead atoms. The fraction of sp³-hybridized carbons (Fsp3) is 0.500. The Morgan fingerprint density at radius 3 is 2.00 bits per heavy atom. The summed E-state index contributed by atoms with van der Waals surface area (Å²) in [6, 6.07) is 0. The minimum absolute atomic E-state index is 0.00231. The highest BCUT2D eigenvalue weighted by Gasteiger charge is 2.04. The highest BCUT2D eigenvalue weighted by molar-refractivity contribution is 6.65. The Balaban J connectivity index is 4.23. The van der Waals surface area contributed by atoms with Gasteiger partial charge >= 0.3 is 0 Å². The number of ketones is 1. The maximum absolute atomic E-state index is 10.4. The van der Waals surface area contributed by atoms with Gasteiger partial charge in [0.2, 0.25) is 0 Å². The molecule has 0 atom stereocenters. The molecule has 0 aromatic heterocycles. The number of carbonyl (C=O) groups excluding carboxylic acids is 1. The van der Waals surface area contributed by atoms with Gasteiger partial charge in [-0.15, -0.1) is 0 Å². The van der Waals surface area contributed by atoms with E-state index in [1.54, 1.807) is 14.0 Å². The number of aliphatic imine (C=N–C) groups is 1. The third-order valence-electron chi connectivity index (χ3n) is 1.05. The third kappa shape index (κ3) is 2.17. The molecular formula is C6H10N2O. The van der Waals surface area contributed by atoms with Crippen LogP contribution in [0, 0.1) is 5.41 Å². The highest BCUT2D eigenvalue weighted by Crippen LogP contribution is 1.81. The van der Waals surface area contributed by atoms with E-state index in [0.29, 0.717) is 5.71 Å². The molecule has 0 heterocycles. The van der Waals surface area contributed by atoms with Gasteiger partial charge in [0.05, 0.1) is 5.71 Å². The van der Waals surface area contributed by atoms with Crippen LogP contribution in [0.1, 0.15) is 13.8 Å². The summed E-state index contributed by atoms with van der Waals surface area (Å²) < 4.78 is 0. The summed E-state index contributed by atoms with van der Waals surface area (Å²) in [7, 11) is 1.56. The van der Waals surface area contributed by atoms with Crippen LogP contribution < -0.4 is 0 Å². The lowest BCUT2D eigenvalue weighted by Gasteiger charge is -1.93. The van der Waals surface area contributed by atoms with E-state index in [2.05, 4.69) is 4.99 Å². The maximum Gasteiger partial charge on any atom is 0.179 e. The van der Waals surface area contributed by atoms with Crippen molar-refractivity contribution >= 4 is 17.2 Å². The number of nitrogens with zero attached hydrogens (tertiary/aromatic N) is 1. The summed E-state index contributed by atoms with van der Waals surface area (Å²) in [6.07, 6.45) is 0. The van der Waals surface area contributed by atoms with Crippen LogP contribution in [0.5, 0.6) is 0 Å². The Hall–Kier alpha value is -0.990. The van der Waals surface area contributed by atoms with Crippen LogP contribution in [0.25, 0.3) is 0 Å². The summed E-state index contributed by atoms with van der Waals surface area (Å²) in [5.41, 5.74) is 0.486. The highest BCUT2D eigenvalue weighted by atomic mass is 16.1. The first-order chi connectivity index (χ1) is 4.09. The molecular weight excluding hydrogens is 116 g/mol. The van der Waals surface area contributed by atoms with Gasteiger partial charge in [0.25, 0.3) is 0 Å². The number of hydrogen-bond donors (Lipinski definition) is 1. The topological polar surface area (TPSA) is 53.3 Å². The maximum atomic E-state index is 10.4. The second kappa shape index (κ2) is 3.12. The van der Waals surface area contributed by atoms with Crippen LogP contribution in [-0.2, 0) is 4.79 Å². The lowest BCUT2D eigenvalue weighted by atomic mass is 10.2. The first kappa shape index (κ1) is 8.01. The van der Waals surface area contributed by atoms with Crippen LogP contribution in [0.15, 0.2) is 4.99 Å². The smallest absolute Gasteiger partial charge is 0.179 e. The van der Waals surface area contributed by atoms with E-state index in [4.69, 9.17) is 5.41 Å². The Labute approximate surface area is 54.3 Å². The Kier molecular flexibility index (Phi) is 2.78. The Morgan fingerprint density at radius 2 is 1.89 bits per heavy atom. The fourth-order valence-electron chi connectivity index (χ4n) is 0.367. The molecule has 3 heteroatoms. The Bertz CT molecular complexity index is 170. The van der Waals surface area contributed by atoms with Crippen molar-refractivity contribution in [2.45, 2.75) is 13.8 Å². The lowest BCUT2D eigenvalue weighted by molar-refractivity contribution is -0.110. The fourth-order valence-corrected chi connectivity index (χ4v) is 0.367. The number of rotatable bonds is 2. The summed E-state index contributed by atoms with van der Waals surface area (Å²) in [5.74, 6) is -0.238. The van der Waals surface area contributed by atoms with Crippen LogP contribution in [0.3, 0.4) is 0 Å². The van der Waals surface area contributed by atoms with Gasteiger partial charge in [0.1, 0.15) is 5.71 Å². The average Bonchev–Trinajstić information content (AvgIpc) is 1.84. The van der Waals surface area contributed by atoms with Gasteiger partial charge in [0, 0.05) is 14.0 Å². The zero-order valence-corrected chi connectivity index (χ0v) is 5.86. The molecule has 0 rings (SSSR count). The van der Waals surface area contributed by atoms with Crippen molar-refractivity contribution in [3.8, 4) is 0 Å². The molecule has 9 heavy (non-hydrogen) atoms. The van der Waals surface area contributed by atoms with E-state index in [1.807, 2.05) is 0 Å². The molecule has 0 saturated heterocycles. The second-order valence-electron chi connectivity index (χ2n) is 1.74. The summed E-state index contributed by atoms with van der Waals surface area (Å²) in [5, 5.41) is 7.07. The van der Waals surface area contributed by atoms with Crippen LogP contribution in [0.2, 0.25) is 0 Å². The molecule has 50 valence electrons.